The summed E-state index contributed by atoms with van der Waals surface area (Å²) in [5.74, 6) is 0.383. The fourth-order valence-electron chi connectivity index (χ4n) is 1.46. The lowest BCUT2D eigenvalue weighted by molar-refractivity contribution is 0.401. The molecule has 1 aromatic carbocycles. The molecular weight excluding hydrogens is 277 g/mol. The van der Waals surface area contributed by atoms with Crippen molar-refractivity contribution in [2.75, 3.05) is 0 Å². The second-order valence-electron chi connectivity index (χ2n) is 3.23. The van der Waals surface area contributed by atoms with Gasteiger partial charge in [-0.2, -0.15) is 0 Å². The predicted octanol–water partition coefficient (Wildman–Crippen LogP) is 4.15. The highest BCUT2D eigenvalue weighted by molar-refractivity contribution is 9.10. The molecule has 0 unspecified atom stereocenters. The van der Waals surface area contributed by atoms with Crippen LogP contribution in [0.5, 0.6) is 0 Å². The molecule has 0 aliphatic heterocycles. The fraction of sp³-hybridized carbons (Fsp3) is 0.182. The Labute approximate surface area is 101 Å². The number of nitrogens with zero attached hydrogens (tertiary/aromatic N) is 1. The van der Waals surface area contributed by atoms with Crippen LogP contribution in [0.2, 0.25) is 0 Å². The number of hydrogen-bond acceptors (Lipinski definition) is 2. The smallest absolute Gasteiger partial charge is 0.206 e. The van der Waals surface area contributed by atoms with E-state index in [0.29, 0.717) is 10.5 Å². The predicted molar refractivity (Wildman–Crippen MR) is 63.9 cm³/mol. The number of halogens is 2. The maximum absolute atomic E-state index is 5.85. The Kier molecular flexibility index (Phi) is 3.12. The molecule has 0 bridgehead atoms. The van der Waals surface area contributed by atoms with Crippen molar-refractivity contribution in [2.24, 2.45) is 0 Å². The first-order valence-corrected chi connectivity index (χ1v) is 5.82. The van der Waals surface area contributed by atoms with Crippen LogP contribution >= 0.6 is 27.5 Å². The first-order chi connectivity index (χ1) is 7.24. The Bertz CT molecular complexity index is 481. The van der Waals surface area contributed by atoms with Crippen molar-refractivity contribution >= 4 is 27.5 Å². The minimum Gasteiger partial charge on any atom is -0.348 e. The van der Waals surface area contributed by atoms with Gasteiger partial charge >= 0.3 is 0 Å². The lowest BCUT2D eigenvalue weighted by atomic mass is 10.0. The minimum atomic E-state index is 0.383. The Morgan fingerprint density at radius 3 is 2.80 bits per heavy atom. The Balaban J connectivity index is 2.59. The van der Waals surface area contributed by atoms with Crippen molar-refractivity contribution in [3.63, 3.8) is 0 Å². The van der Waals surface area contributed by atoms with E-state index in [1.54, 1.807) is 0 Å². The number of aryl methyl sites for hydroxylation is 1. The van der Waals surface area contributed by atoms with Gasteiger partial charge < -0.3 is 4.52 Å². The average Bonchev–Trinajstić information content (AvgIpc) is 2.60. The molecule has 15 heavy (non-hydrogen) atoms. The van der Waals surface area contributed by atoms with Crippen LogP contribution in [0.1, 0.15) is 11.1 Å². The first-order valence-electron chi connectivity index (χ1n) is 4.50. The van der Waals surface area contributed by atoms with Crippen LogP contribution in [-0.2, 0) is 5.88 Å². The second-order valence-corrected chi connectivity index (χ2v) is 4.22. The summed E-state index contributed by atoms with van der Waals surface area (Å²) in [5, 5.41) is 4.01. The van der Waals surface area contributed by atoms with Crippen LogP contribution in [0, 0.1) is 6.92 Å². The second kappa shape index (κ2) is 4.37. The zero-order valence-corrected chi connectivity index (χ0v) is 10.5. The van der Waals surface area contributed by atoms with Gasteiger partial charge in [0.15, 0.2) is 0 Å². The third kappa shape index (κ3) is 1.94. The van der Waals surface area contributed by atoms with Crippen LogP contribution in [0.15, 0.2) is 33.5 Å². The highest BCUT2D eigenvalue weighted by atomic mass is 79.9. The minimum absolute atomic E-state index is 0.383. The van der Waals surface area contributed by atoms with E-state index >= 15 is 0 Å². The Morgan fingerprint density at radius 1 is 1.40 bits per heavy atom. The molecule has 0 atom stereocenters. The van der Waals surface area contributed by atoms with Crippen molar-refractivity contribution in [3.05, 3.63) is 40.1 Å². The van der Waals surface area contributed by atoms with Crippen LogP contribution in [0.3, 0.4) is 0 Å². The number of aromatic nitrogens is 1. The molecule has 0 fully saturated rings. The standard InChI is InChI=1S/C11H9BrClNO/c1-7-4-2-3-5-8(7)10-9(6-13)11(12)15-14-10/h2-5H,6H2,1H3. The monoisotopic (exact) mass is 285 g/mol. The van der Waals surface area contributed by atoms with Crippen LogP contribution in [-0.4, -0.2) is 5.16 Å². The maximum Gasteiger partial charge on any atom is 0.206 e. The normalized spacial score (nSPS) is 10.6. The SMILES string of the molecule is Cc1ccccc1-c1noc(Br)c1CCl. The summed E-state index contributed by atoms with van der Waals surface area (Å²) < 4.78 is 5.69. The highest BCUT2D eigenvalue weighted by Crippen LogP contribution is 2.31. The lowest BCUT2D eigenvalue weighted by Gasteiger charge is -2.02. The summed E-state index contributed by atoms with van der Waals surface area (Å²) in [6.45, 7) is 2.04. The molecular formula is C11H9BrClNO. The third-order valence-electron chi connectivity index (χ3n) is 2.27. The Hall–Kier alpha value is -0.800. The summed E-state index contributed by atoms with van der Waals surface area (Å²) >= 11 is 9.14. The molecule has 4 heteroatoms. The van der Waals surface area contributed by atoms with Crippen molar-refractivity contribution in [3.8, 4) is 11.3 Å². The average molecular weight is 287 g/mol. The summed E-state index contributed by atoms with van der Waals surface area (Å²) in [6, 6.07) is 8.02. The molecule has 1 heterocycles. The number of benzene rings is 1. The van der Waals surface area contributed by atoms with E-state index in [-0.39, 0.29) is 0 Å². The number of alkyl halides is 1. The summed E-state index contributed by atoms with van der Waals surface area (Å²) in [5.41, 5.74) is 3.92. The first kappa shape index (κ1) is 10.7. The van der Waals surface area contributed by atoms with Gasteiger partial charge in [0.2, 0.25) is 4.67 Å². The number of hydrogen-bond donors (Lipinski definition) is 0. The lowest BCUT2D eigenvalue weighted by Crippen LogP contribution is -1.86. The molecule has 78 valence electrons. The largest absolute Gasteiger partial charge is 0.348 e. The van der Waals surface area contributed by atoms with Gasteiger partial charge in [-0.15, -0.1) is 11.6 Å². The summed E-state index contributed by atoms with van der Waals surface area (Å²) in [4.78, 5) is 0. The van der Waals surface area contributed by atoms with Gasteiger partial charge in [0.1, 0.15) is 5.69 Å². The molecule has 2 nitrogen and oxygen atoms in total. The molecule has 0 saturated heterocycles. The Morgan fingerprint density at radius 2 is 2.13 bits per heavy atom. The van der Waals surface area contributed by atoms with Gasteiger partial charge in [0.05, 0.1) is 5.88 Å². The quantitative estimate of drug-likeness (QED) is 0.775. The molecule has 2 rings (SSSR count). The molecule has 0 aliphatic rings. The highest BCUT2D eigenvalue weighted by Gasteiger charge is 2.15. The molecule has 2 aromatic rings. The molecule has 0 radical (unpaired) electrons. The van der Waals surface area contributed by atoms with E-state index < -0.39 is 0 Å². The van der Waals surface area contributed by atoms with Gasteiger partial charge in [-0.05, 0) is 28.4 Å². The molecule has 0 aliphatic carbocycles. The fourth-order valence-corrected chi connectivity index (χ4v) is 2.26. The van der Waals surface area contributed by atoms with Crippen molar-refractivity contribution in [2.45, 2.75) is 12.8 Å². The van der Waals surface area contributed by atoms with Crippen molar-refractivity contribution in [1.29, 1.82) is 0 Å². The molecule has 0 saturated carbocycles. The van der Waals surface area contributed by atoms with E-state index in [4.69, 9.17) is 16.1 Å². The number of rotatable bonds is 2. The van der Waals surface area contributed by atoms with E-state index in [1.165, 1.54) is 0 Å². The zero-order valence-electron chi connectivity index (χ0n) is 8.13. The van der Waals surface area contributed by atoms with Crippen LogP contribution in [0.25, 0.3) is 11.3 Å². The van der Waals surface area contributed by atoms with Gasteiger partial charge in [0.25, 0.3) is 0 Å². The zero-order chi connectivity index (χ0) is 10.8. The molecule has 0 N–H and O–H groups in total. The topological polar surface area (TPSA) is 26.0 Å². The van der Waals surface area contributed by atoms with Gasteiger partial charge in [0, 0.05) is 11.1 Å². The summed E-state index contributed by atoms with van der Waals surface area (Å²) in [7, 11) is 0. The summed E-state index contributed by atoms with van der Waals surface area (Å²) in [6.07, 6.45) is 0. The van der Waals surface area contributed by atoms with Crippen molar-refractivity contribution < 1.29 is 4.52 Å². The maximum atomic E-state index is 5.85. The molecule has 0 spiro atoms. The van der Waals surface area contributed by atoms with Crippen LogP contribution in [0.4, 0.5) is 0 Å². The molecule has 0 amide bonds. The molecule has 1 aromatic heterocycles. The van der Waals surface area contributed by atoms with Crippen molar-refractivity contribution in [1.82, 2.24) is 5.16 Å². The van der Waals surface area contributed by atoms with E-state index in [2.05, 4.69) is 21.1 Å². The van der Waals surface area contributed by atoms with E-state index in [1.807, 2.05) is 31.2 Å². The van der Waals surface area contributed by atoms with Crippen LogP contribution < -0.4 is 0 Å². The third-order valence-corrected chi connectivity index (χ3v) is 3.16. The van der Waals surface area contributed by atoms with Gasteiger partial charge in [-0.25, -0.2) is 0 Å². The van der Waals surface area contributed by atoms with Gasteiger partial charge in [-0.3, -0.25) is 0 Å². The van der Waals surface area contributed by atoms with E-state index in [0.717, 1.165) is 22.4 Å². The van der Waals surface area contributed by atoms with Gasteiger partial charge in [-0.1, -0.05) is 29.4 Å². The van der Waals surface area contributed by atoms with E-state index in [9.17, 15) is 0 Å².